The van der Waals surface area contributed by atoms with Crippen LogP contribution >= 0.6 is 45.3 Å². The zero-order valence-electron chi connectivity index (χ0n) is 30.7. The summed E-state index contributed by atoms with van der Waals surface area (Å²) in [4.78, 5) is 44.0. The number of aliphatic imine (C=N–C) groups is 2. The predicted molar refractivity (Wildman–Crippen MR) is 227 cm³/mol. The summed E-state index contributed by atoms with van der Waals surface area (Å²) in [5, 5.41) is 30.4. The molecule has 0 bridgehead atoms. The molecule has 2 aliphatic carbocycles. The second-order valence-electron chi connectivity index (χ2n) is 14.6. The molecule has 14 heteroatoms. The van der Waals surface area contributed by atoms with E-state index in [1.54, 1.807) is 71.2 Å². The molecule has 0 fully saturated rings. The summed E-state index contributed by atoms with van der Waals surface area (Å²) in [6.07, 6.45) is 0. The summed E-state index contributed by atoms with van der Waals surface area (Å²) in [5.74, 6) is 0.585. The fourth-order valence-electron chi connectivity index (χ4n) is 8.04. The third kappa shape index (κ3) is 4.87. The maximum absolute atomic E-state index is 13.6. The normalized spacial score (nSPS) is 18.4. The van der Waals surface area contributed by atoms with Crippen molar-refractivity contribution in [1.82, 2.24) is 0 Å². The van der Waals surface area contributed by atoms with Gasteiger partial charge in [-0.05, 0) is 38.8 Å². The topological polar surface area (TPSA) is 153 Å². The average Bonchev–Trinajstić information content (AvgIpc) is 4.04. The number of ketones is 2. The van der Waals surface area contributed by atoms with E-state index < -0.39 is 11.2 Å². The highest BCUT2D eigenvalue weighted by Crippen LogP contribution is 2.63. The van der Waals surface area contributed by atoms with Crippen molar-refractivity contribution in [2.75, 3.05) is 0 Å². The molecule has 0 N–H and O–H groups in total. The molecule has 0 radical (unpaired) electrons. The number of hydrogen-bond donors (Lipinski definition) is 0. The Hall–Kier alpha value is -6.78. The zero-order chi connectivity index (χ0) is 40.4. The number of fused-ring (bicyclic) bond motifs is 11. The Morgan fingerprint density at radius 3 is 1.50 bits per heavy atom. The van der Waals surface area contributed by atoms with Crippen molar-refractivity contribution >= 4 is 98.9 Å². The van der Waals surface area contributed by atoms with E-state index in [1.807, 2.05) is 58.0 Å². The lowest BCUT2D eigenvalue weighted by molar-refractivity contribution is 0.106. The average molecular weight is 827 g/mol. The van der Waals surface area contributed by atoms with E-state index in [0.29, 0.717) is 43.8 Å². The molecule has 0 atom stereocenters. The van der Waals surface area contributed by atoms with Crippen LogP contribution in [-0.4, -0.2) is 23.0 Å². The molecular formula is C44H22N6O4S4. The number of carbonyl (C=O) groups excluding carboxylic acids is 2. The first-order valence-corrected chi connectivity index (χ1v) is 20.9. The van der Waals surface area contributed by atoms with Crippen molar-refractivity contribution in [2.24, 2.45) is 9.98 Å². The Morgan fingerprint density at radius 2 is 1.07 bits per heavy atom. The quantitative estimate of drug-likeness (QED) is 0.124. The molecule has 0 amide bonds. The third-order valence-corrected chi connectivity index (χ3v) is 15.3. The first-order valence-electron chi connectivity index (χ1n) is 17.7. The molecule has 0 unspecified atom stereocenters. The van der Waals surface area contributed by atoms with Crippen LogP contribution < -0.4 is 9.47 Å². The van der Waals surface area contributed by atoms with Crippen LogP contribution in [-0.2, 0) is 11.2 Å². The molecule has 6 aromatic rings. The Kier molecular flexibility index (Phi) is 7.59. The lowest BCUT2D eigenvalue weighted by Crippen LogP contribution is -2.27. The molecule has 0 saturated heterocycles. The molecule has 0 spiro atoms. The zero-order valence-corrected chi connectivity index (χ0v) is 34.0. The maximum atomic E-state index is 13.6. The Labute approximate surface area is 346 Å². The Balaban J connectivity index is 1.09. The lowest BCUT2D eigenvalue weighted by Gasteiger charge is -2.31. The van der Waals surface area contributed by atoms with E-state index in [4.69, 9.17) is 26.0 Å². The Bertz CT molecular complexity index is 3030. The largest absolute Gasteiger partial charge is 0.481 e. The standard InChI is InChI=1S/C44H22N6O4S4/c1-43(2)31-39(37-25(53-43)14-27(55-37)49-33-29(19(16-45)17-46)20-10-6-8-12-22(20)35(33)51)57-42-32-40(58-41(31)42)38-26(54-44(32,3)4)15-28(56-38)50-34-30(24(18-47)48-5)21-11-7-9-13-23(21)36(34)52/h6-15H,1-4H3. The first-order chi connectivity index (χ1) is 27.9. The molecule has 2 aromatic carbocycles. The highest BCUT2D eigenvalue weighted by Gasteiger charge is 2.45. The fourth-order valence-corrected chi connectivity index (χ4v) is 13.7. The molecule has 10 nitrogen and oxygen atoms in total. The van der Waals surface area contributed by atoms with Crippen LogP contribution in [0.25, 0.3) is 44.9 Å². The summed E-state index contributed by atoms with van der Waals surface area (Å²) in [5.41, 5.74) is 2.63. The van der Waals surface area contributed by atoms with Crippen molar-refractivity contribution in [2.45, 2.75) is 38.9 Å². The van der Waals surface area contributed by atoms with Crippen LogP contribution in [0.3, 0.4) is 0 Å². The monoisotopic (exact) mass is 826 g/mol. The second-order valence-corrected chi connectivity index (χ2v) is 18.7. The summed E-state index contributed by atoms with van der Waals surface area (Å²) < 4.78 is 15.5. The number of hydrogen-bond acceptors (Lipinski definition) is 13. The molecule has 4 aromatic heterocycles. The SMILES string of the molecule is [C-]#[N+]C(C#N)=C1C(=Nc2cc3c(s2)-c2sc4c5c(sc4c2C(C)(C)O3)-c2sc(N=C3C(=O)c4ccccc4C3=C(C#N)C#N)cc2OC5(C)C)C(=O)c2ccccc21. The fraction of sp³-hybridized carbons (Fsp3) is 0.136. The molecule has 0 saturated carbocycles. The molecule has 4 aliphatic rings. The number of nitrogens with zero attached hydrogens (tertiary/aromatic N) is 6. The molecule has 58 heavy (non-hydrogen) atoms. The molecule has 10 rings (SSSR count). The van der Waals surface area contributed by atoms with Gasteiger partial charge in [0, 0.05) is 45.5 Å². The highest BCUT2D eigenvalue weighted by atomic mass is 32.1. The van der Waals surface area contributed by atoms with Crippen molar-refractivity contribution in [1.29, 1.82) is 15.8 Å². The van der Waals surface area contributed by atoms with Crippen LogP contribution in [0, 0.1) is 40.6 Å². The number of Topliss-reactive ketones (excluding diaryl/α,β-unsaturated/α-hetero) is 2. The summed E-state index contributed by atoms with van der Waals surface area (Å²) in [6.45, 7) is 15.7. The molecule has 276 valence electrons. The van der Waals surface area contributed by atoms with Gasteiger partial charge in [-0.2, -0.15) is 10.5 Å². The van der Waals surface area contributed by atoms with Gasteiger partial charge >= 0.3 is 0 Å². The van der Waals surface area contributed by atoms with E-state index in [-0.39, 0.29) is 45.4 Å². The van der Waals surface area contributed by atoms with Crippen molar-refractivity contribution in [3.8, 4) is 49.2 Å². The van der Waals surface area contributed by atoms with Gasteiger partial charge in [-0.15, -0.1) is 45.3 Å². The number of benzene rings is 2. The number of nitriles is 3. The minimum absolute atomic E-state index is 0.0553. The summed E-state index contributed by atoms with van der Waals surface area (Å²) in [7, 11) is 0. The number of rotatable bonds is 2. The van der Waals surface area contributed by atoms with Crippen LogP contribution in [0.4, 0.5) is 10.0 Å². The lowest BCUT2D eigenvalue weighted by atomic mass is 9.92. The van der Waals surface area contributed by atoms with Gasteiger partial charge in [-0.1, -0.05) is 48.5 Å². The van der Waals surface area contributed by atoms with E-state index in [9.17, 15) is 25.4 Å². The van der Waals surface area contributed by atoms with Gasteiger partial charge in [0.05, 0.1) is 41.5 Å². The number of ether oxygens (including phenoxy) is 2. The van der Waals surface area contributed by atoms with Gasteiger partial charge < -0.3 is 9.47 Å². The van der Waals surface area contributed by atoms with Crippen molar-refractivity contribution < 1.29 is 19.1 Å². The van der Waals surface area contributed by atoms with Gasteiger partial charge in [0.15, 0.2) is 0 Å². The van der Waals surface area contributed by atoms with Gasteiger partial charge in [-0.25, -0.2) is 20.1 Å². The van der Waals surface area contributed by atoms with Crippen LogP contribution in [0.2, 0.25) is 0 Å². The third-order valence-electron chi connectivity index (χ3n) is 10.4. The van der Waals surface area contributed by atoms with E-state index in [1.165, 1.54) is 22.7 Å². The van der Waals surface area contributed by atoms with Gasteiger partial charge in [0.2, 0.25) is 11.6 Å². The van der Waals surface area contributed by atoms with Gasteiger partial charge in [0.25, 0.3) is 5.70 Å². The molecule has 2 aliphatic heterocycles. The van der Waals surface area contributed by atoms with Crippen LogP contribution in [0.5, 0.6) is 11.5 Å². The highest BCUT2D eigenvalue weighted by molar-refractivity contribution is 7.34. The first kappa shape index (κ1) is 35.6. The van der Waals surface area contributed by atoms with Crippen LogP contribution in [0.1, 0.15) is 70.7 Å². The minimum atomic E-state index is -0.749. The van der Waals surface area contributed by atoms with E-state index in [0.717, 1.165) is 40.0 Å². The van der Waals surface area contributed by atoms with E-state index in [2.05, 4.69) is 4.85 Å². The maximum Gasteiger partial charge on any atom is 0.271 e. The second kappa shape index (κ2) is 12.4. The molecule has 6 heterocycles. The smallest absolute Gasteiger partial charge is 0.271 e. The minimum Gasteiger partial charge on any atom is -0.481 e. The number of allylic oxidation sites excluding steroid dienone is 4. The number of thiophene rings is 4. The molecular weight excluding hydrogens is 805 g/mol. The predicted octanol–water partition coefficient (Wildman–Crippen LogP) is 11.6. The van der Waals surface area contributed by atoms with Gasteiger partial charge in [-0.3, -0.25) is 9.59 Å². The summed E-state index contributed by atoms with van der Waals surface area (Å²) in [6, 6.07) is 23.3. The van der Waals surface area contributed by atoms with E-state index >= 15 is 0 Å². The number of carbonyl (C=O) groups is 2. The van der Waals surface area contributed by atoms with Gasteiger partial charge in [0.1, 0.15) is 61.8 Å². The van der Waals surface area contributed by atoms with Crippen LogP contribution in [0.15, 0.2) is 81.9 Å². The summed E-state index contributed by atoms with van der Waals surface area (Å²) >= 11 is 6.09. The Morgan fingerprint density at radius 1 is 0.638 bits per heavy atom. The van der Waals surface area contributed by atoms with Crippen molar-refractivity contribution in [3.63, 3.8) is 0 Å². The van der Waals surface area contributed by atoms with Crippen molar-refractivity contribution in [3.05, 3.63) is 117 Å².